The van der Waals surface area contributed by atoms with Gasteiger partial charge in [0.1, 0.15) is 0 Å². The fourth-order valence-electron chi connectivity index (χ4n) is 6.89. The summed E-state index contributed by atoms with van der Waals surface area (Å²) in [6.07, 6.45) is 19.3. The topological polar surface area (TPSA) is 0 Å². The molecule has 0 amide bonds. The number of fused-ring (bicyclic) bond motifs is 5. The van der Waals surface area contributed by atoms with E-state index in [1.165, 1.54) is 94.2 Å². The maximum atomic E-state index is 2.99. The van der Waals surface area contributed by atoms with Gasteiger partial charge in [0, 0.05) is 0 Å². The van der Waals surface area contributed by atoms with Crippen LogP contribution in [-0.2, 0) is 41.5 Å². The first-order chi connectivity index (χ1) is 22.0. The van der Waals surface area contributed by atoms with Crippen LogP contribution >= 0.6 is 0 Å². The number of halogens is 2. The molecule has 0 N–H and O–H groups in total. The minimum atomic E-state index is 0. The summed E-state index contributed by atoms with van der Waals surface area (Å²) in [7, 11) is 0. The Labute approximate surface area is 316 Å². The summed E-state index contributed by atoms with van der Waals surface area (Å²) in [5.74, 6) is 0. The van der Waals surface area contributed by atoms with Gasteiger partial charge in [0.15, 0.2) is 0 Å². The molecule has 0 heterocycles. The van der Waals surface area contributed by atoms with Crippen molar-refractivity contribution in [3.8, 4) is 11.1 Å². The Kier molecular flexibility index (Phi) is 12.4. The molecule has 4 aliphatic rings. The molecule has 0 aliphatic heterocycles. The molecule has 0 aromatic heterocycles. The van der Waals surface area contributed by atoms with Crippen molar-refractivity contribution in [3.63, 3.8) is 0 Å². The normalized spacial score (nSPS) is 16.2. The standard InChI is InChI=1S/C27H29.C13H10.C5H5.2ClH.Zr/c1-16-7-9-26(3,4)24-12-18-11-19-13-25-21(17(2)8-10-27(25,5)6)15-23(19)22(18)14-20(16)24;1-3-7-12(8-4-1)11-13-9-5-2-6-10-13;1-2-4-5-3-1;;;/h7-9,12-15H,10-11H2,1-6H3;1-10H;1-3H,4H2;2*1H;/q-1;;-1;;;+2/p-2. The molecule has 4 aromatic rings. The second-order valence-corrected chi connectivity index (χ2v) is 15.3. The van der Waals surface area contributed by atoms with Gasteiger partial charge in [-0.3, -0.25) is 6.08 Å². The molecule has 4 aliphatic carbocycles. The molecule has 0 nitrogen and oxygen atoms in total. The molecule has 0 atom stereocenters. The fourth-order valence-corrected chi connectivity index (χ4v) is 7.71. The van der Waals surface area contributed by atoms with Crippen LogP contribution in [0.2, 0.25) is 0 Å². The van der Waals surface area contributed by atoms with E-state index >= 15 is 0 Å². The average molecular weight is 747 g/mol. The quantitative estimate of drug-likeness (QED) is 0.214. The molecule has 0 saturated carbocycles. The molecule has 0 saturated heterocycles. The van der Waals surface area contributed by atoms with E-state index in [9.17, 15) is 0 Å². The monoisotopic (exact) mass is 744 g/mol. The third-order valence-electron chi connectivity index (χ3n) is 9.81. The van der Waals surface area contributed by atoms with Crippen molar-refractivity contribution in [2.75, 3.05) is 0 Å². The zero-order valence-electron chi connectivity index (χ0n) is 28.9. The minimum absolute atomic E-state index is 0. The van der Waals surface area contributed by atoms with Gasteiger partial charge in [0.05, 0.1) is 0 Å². The summed E-state index contributed by atoms with van der Waals surface area (Å²) >= 11 is 1.46. The predicted octanol–water partition coefficient (Wildman–Crippen LogP) is 5.36. The third-order valence-corrected chi connectivity index (χ3v) is 11.2. The van der Waals surface area contributed by atoms with Gasteiger partial charge in [-0.2, -0.15) is 11.6 Å². The molecular formula is C45H44Cl2Zr-2. The Morgan fingerprint density at radius 3 is 1.75 bits per heavy atom. The van der Waals surface area contributed by atoms with Crippen molar-refractivity contribution in [1.82, 2.24) is 0 Å². The van der Waals surface area contributed by atoms with Gasteiger partial charge in [-0.25, -0.2) is 24.6 Å². The van der Waals surface area contributed by atoms with Gasteiger partial charge >= 0.3 is 99.2 Å². The Morgan fingerprint density at radius 1 is 0.708 bits per heavy atom. The molecule has 3 heteroatoms. The summed E-state index contributed by atoms with van der Waals surface area (Å²) in [5, 5.41) is 0. The summed E-state index contributed by atoms with van der Waals surface area (Å²) < 4.78 is 1.42. The molecule has 0 unspecified atom stereocenters. The summed E-state index contributed by atoms with van der Waals surface area (Å²) in [6.45, 7) is 13.9. The van der Waals surface area contributed by atoms with Crippen molar-refractivity contribution >= 4 is 14.4 Å². The van der Waals surface area contributed by atoms with Crippen LogP contribution in [0, 0.1) is 12.5 Å². The summed E-state index contributed by atoms with van der Waals surface area (Å²) in [5.41, 5.74) is 17.6. The van der Waals surface area contributed by atoms with Crippen molar-refractivity contribution < 1.29 is 49.0 Å². The number of allylic oxidation sites excluding steroid dienone is 8. The zero-order chi connectivity index (χ0) is 32.5. The molecule has 244 valence electrons. The zero-order valence-corrected chi connectivity index (χ0v) is 32.9. The average Bonchev–Trinajstić information content (AvgIpc) is 3.77. The number of benzene rings is 4. The molecule has 0 radical (unpaired) electrons. The van der Waals surface area contributed by atoms with Crippen LogP contribution in [0.1, 0.15) is 98.9 Å². The van der Waals surface area contributed by atoms with E-state index in [1.54, 1.807) is 0 Å². The first-order valence-electron chi connectivity index (χ1n) is 16.5. The van der Waals surface area contributed by atoms with Crippen LogP contribution < -0.4 is 24.8 Å². The molecule has 4 aromatic carbocycles. The van der Waals surface area contributed by atoms with Crippen LogP contribution in [0.15, 0.2) is 115 Å². The third kappa shape index (κ3) is 7.92. The first kappa shape index (κ1) is 37.9. The van der Waals surface area contributed by atoms with Gasteiger partial charge in [0.2, 0.25) is 0 Å². The second kappa shape index (κ2) is 15.7. The van der Waals surface area contributed by atoms with Crippen molar-refractivity contribution in [3.05, 3.63) is 172 Å². The van der Waals surface area contributed by atoms with Crippen LogP contribution in [0.25, 0.3) is 22.3 Å². The summed E-state index contributed by atoms with van der Waals surface area (Å²) in [6, 6.07) is 31.1. The first-order valence-corrected chi connectivity index (χ1v) is 17.7. The van der Waals surface area contributed by atoms with Gasteiger partial charge in [-0.05, 0) is 70.2 Å². The van der Waals surface area contributed by atoms with Gasteiger partial charge in [0.25, 0.3) is 0 Å². The van der Waals surface area contributed by atoms with Crippen LogP contribution in [0.4, 0.5) is 0 Å². The summed E-state index contributed by atoms with van der Waals surface area (Å²) in [4.78, 5) is 0. The van der Waals surface area contributed by atoms with E-state index in [4.69, 9.17) is 0 Å². The van der Waals surface area contributed by atoms with E-state index in [0.29, 0.717) is 0 Å². The number of rotatable bonds is 2. The van der Waals surface area contributed by atoms with E-state index in [2.05, 4.69) is 157 Å². The van der Waals surface area contributed by atoms with Crippen LogP contribution in [0.3, 0.4) is 0 Å². The molecule has 0 fully saturated rings. The van der Waals surface area contributed by atoms with Crippen molar-refractivity contribution in [1.29, 1.82) is 0 Å². The van der Waals surface area contributed by atoms with Gasteiger partial charge < -0.3 is 24.8 Å². The molecular weight excluding hydrogens is 703 g/mol. The van der Waals surface area contributed by atoms with Crippen molar-refractivity contribution in [2.24, 2.45) is 0 Å². The second-order valence-electron chi connectivity index (χ2n) is 14.1. The molecule has 0 bridgehead atoms. The van der Waals surface area contributed by atoms with E-state index in [0.717, 1.165) is 19.3 Å². The maximum absolute atomic E-state index is 2.99. The van der Waals surface area contributed by atoms with E-state index < -0.39 is 0 Å². The molecule has 0 spiro atoms. The Hall–Kier alpha value is -2.96. The van der Waals surface area contributed by atoms with Gasteiger partial charge in [-0.15, -0.1) is 18.9 Å². The SMILES string of the molecule is CC1=C[CH-]C(C)(C)c2cc3c(cc21)-c1cc2c(cc1C3)C(C)(C)CC=C2C.[C-]1=CC=CC1.[Cl-].[Cl-].[Zr+2]=[C](c1ccccc1)c1ccccc1. The van der Waals surface area contributed by atoms with E-state index in [1.807, 2.05) is 12.2 Å². The van der Waals surface area contributed by atoms with Crippen molar-refractivity contribution in [2.45, 2.75) is 71.6 Å². The molecule has 8 rings (SSSR count). The Morgan fingerprint density at radius 2 is 1.25 bits per heavy atom. The predicted molar refractivity (Wildman–Crippen MR) is 195 cm³/mol. The van der Waals surface area contributed by atoms with Gasteiger partial charge in [-0.1, -0.05) is 62.9 Å². The number of hydrogen-bond donors (Lipinski definition) is 0. The molecule has 48 heavy (non-hydrogen) atoms. The Bertz CT molecular complexity index is 1770. The Balaban J connectivity index is 0.000000207. The van der Waals surface area contributed by atoms with Crippen LogP contribution in [-0.4, -0.2) is 3.21 Å². The van der Waals surface area contributed by atoms with Crippen LogP contribution in [0.5, 0.6) is 0 Å². The fraction of sp³-hybridized carbons (Fsp3) is 0.244. The van der Waals surface area contributed by atoms with E-state index in [-0.39, 0.29) is 35.6 Å². The number of hydrogen-bond acceptors (Lipinski definition) is 0.